The number of carboxylic acid groups (broad SMARTS) is 1. The van der Waals surface area contributed by atoms with Gasteiger partial charge in [0.1, 0.15) is 12.0 Å². The van der Waals surface area contributed by atoms with Crippen molar-refractivity contribution in [3.63, 3.8) is 0 Å². The van der Waals surface area contributed by atoms with Gasteiger partial charge in [-0.15, -0.1) is 0 Å². The molecule has 0 fully saturated rings. The van der Waals surface area contributed by atoms with E-state index in [1.165, 1.54) is 6.92 Å². The Morgan fingerprint density at radius 2 is 2.27 bits per heavy atom. The van der Waals surface area contributed by atoms with Crippen LogP contribution in [0.15, 0.2) is 0 Å². The quantitative estimate of drug-likeness (QED) is 0.519. The van der Waals surface area contributed by atoms with Crippen LogP contribution in [0.4, 0.5) is 0 Å². The molecule has 5 nitrogen and oxygen atoms in total. The number of aliphatic hydroxyl groups excluding tert-OH is 1. The molecule has 0 saturated carbocycles. The Morgan fingerprint density at radius 1 is 1.73 bits per heavy atom. The zero-order chi connectivity index (χ0) is 8.91. The van der Waals surface area contributed by atoms with Gasteiger partial charge in [0.25, 0.3) is 6.47 Å². The summed E-state index contributed by atoms with van der Waals surface area (Å²) in [6, 6.07) is 0. The normalized spacial score (nSPS) is 15.1. The first kappa shape index (κ1) is 9.90. The topological polar surface area (TPSA) is 83.8 Å². The van der Waals surface area contributed by atoms with Crippen LogP contribution in [0, 0.1) is 5.41 Å². The van der Waals surface area contributed by atoms with Crippen molar-refractivity contribution >= 4 is 12.4 Å². The second-order valence-corrected chi connectivity index (χ2v) is 2.43. The van der Waals surface area contributed by atoms with Gasteiger partial charge in [0, 0.05) is 0 Å². The van der Waals surface area contributed by atoms with E-state index in [9.17, 15) is 9.59 Å². The molecule has 0 rings (SSSR count). The molecular weight excluding hydrogens is 152 g/mol. The average molecular weight is 162 g/mol. The molecule has 0 aliphatic rings. The molecule has 0 spiro atoms. The zero-order valence-corrected chi connectivity index (χ0v) is 6.11. The van der Waals surface area contributed by atoms with E-state index < -0.39 is 18.0 Å². The lowest BCUT2D eigenvalue weighted by Crippen LogP contribution is -2.36. The summed E-state index contributed by atoms with van der Waals surface area (Å²) in [5.41, 5.74) is -1.39. The van der Waals surface area contributed by atoms with Crippen LogP contribution in [0.5, 0.6) is 0 Å². The molecule has 11 heavy (non-hydrogen) atoms. The number of aliphatic carboxylic acids is 1. The molecule has 0 heterocycles. The highest BCUT2D eigenvalue weighted by Gasteiger charge is 2.33. The maximum Gasteiger partial charge on any atom is 0.315 e. The number of carboxylic acids is 1. The van der Waals surface area contributed by atoms with E-state index in [-0.39, 0.29) is 13.1 Å². The molecule has 5 heteroatoms. The molecule has 64 valence electrons. The number of carbonyl (C=O) groups excluding carboxylic acids is 1. The Morgan fingerprint density at radius 3 is 2.55 bits per heavy atom. The number of carbonyl (C=O) groups is 2. The minimum atomic E-state index is -1.39. The summed E-state index contributed by atoms with van der Waals surface area (Å²) in [4.78, 5) is 20.1. The Kier molecular flexibility index (Phi) is 3.53. The van der Waals surface area contributed by atoms with Crippen molar-refractivity contribution < 1.29 is 24.5 Å². The van der Waals surface area contributed by atoms with Gasteiger partial charge in [-0.05, 0) is 6.92 Å². The predicted molar refractivity (Wildman–Crippen MR) is 34.8 cm³/mol. The van der Waals surface area contributed by atoms with Crippen LogP contribution >= 0.6 is 0 Å². The lowest BCUT2D eigenvalue weighted by Gasteiger charge is -2.19. The van der Waals surface area contributed by atoms with Crippen LogP contribution in [0.2, 0.25) is 0 Å². The zero-order valence-electron chi connectivity index (χ0n) is 6.11. The first-order valence-electron chi connectivity index (χ1n) is 2.96. The third-order valence-electron chi connectivity index (χ3n) is 1.34. The monoisotopic (exact) mass is 162 g/mol. The number of hydrogen-bond donors (Lipinski definition) is 2. The summed E-state index contributed by atoms with van der Waals surface area (Å²) in [7, 11) is 0. The van der Waals surface area contributed by atoms with Gasteiger partial charge >= 0.3 is 5.97 Å². The fourth-order valence-electron chi connectivity index (χ4n) is 0.393. The van der Waals surface area contributed by atoms with Crippen molar-refractivity contribution in [1.82, 2.24) is 0 Å². The van der Waals surface area contributed by atoms with E-state index in [4.69, 9.17) is 10.2 Å². The van der Waals surface area contributed by atoms with Crippen LogP contribution in [0.3, 0.4) is 0 Å². The number of ether oxygens (including phenoxy) is 1. The summed E-state index contributed by atoms with van der Waals surface area (Å²) in [5.74, 6) is -1.19. The minimum absolute atomic E-state index is 0.150. The highest BCUT2D eigenvalue weighted by atomic mass is 16.5. The highest BCUT2D eigenvalue weighted by molar-refractivity contribution is 5.74. The molecule has 2 N–H and O–H groups in total. The van der Waals surface area contributed by atoms with Crippen molar-refractivity contribution in [3.05, 3.63) is 0 Å². The molecule has 0 aromatic heterocycles. The van der Waals surface area contributed by atoms with E-state index in [1.54, 1.807) is 0 Å². The summed E-state index contributed by atoms with van der Waals surface area (Å²) in [6.07, 6.45) is 0. The molecule has 0 aromatic carbocycles. The standard InChI is InChI=1S/C6H10O5/c1-6(2-7,5(9)10)3-11-4-8/h4,7H,2-3H2,1H3,(H,9,10). The lowest BCUT2D eigenvalue weighted by atomic mass is 9.93. The molecule has 1 atom stereocenters. The van der Waals surface area contributed by atoms with E-state index in [1.807, 2.05) is 0 Å². The second-order valence-electron chi connectivity index (χ2n) is 2.43. The molecule has 0 aliphatic carbocycles. The highest BCUT2D eigenvalue weighted by Crippen LogP contribution is 2.15. The maximum atomic E-state index is 10.4. The van der Waals surface area contributed by atoms with Crippen LogP contribution in [-0.4, -0.2) is 35.9 Å². The molecule has 1 unspecified atom stereocenters. The van der Waals surface area contributed by atoms with Gasteiger partial charge in [-0.25, -0.2) is 0 Å². The van der Waals surface area contributed by atoms with Gasteiger partial charge in [-0.2, -0.15) is 0 Å². The molecule has 0 aromatic rings. The second kappa shape index (κ2) is 3.92. The third kappa shape index (κ3) is 2.55. The summed E-state index contributed by atoms with van der Waals surface area (Å²) in [5, 5.41) is 17.1. The van der Waals surface area contributed by atoms with Gasteiger partial charge in [0.15, 0.2) is 0 Å². The van der Waals surface area contributed by atoms with Gasteiger partial charge in [0.2, 0.25) is 0 Å². The molecule has 0 aliphatic heterocycles. The number of rotatable bonds is 5. The van der Waals surface area contributed by atoms with Crippen molar-refractivity contribution in [2.45, 2.75) is 6.92 Å². The lowest BCUT2D eigenvalue weighted by molar-refractivity contribution is -0.156. The Hall–Kier alpha value is -1.10. The summed E-state index contributed by atoms with van der Waals surface area (Å²) >= 11 is 0. The number of hydrogen-bond acceptors (Lipinski definition) is 4. The van der Waals surface area contributed by atoms with Crippen LogP contribution in [0.25, 0.3) is 0 Å². The van der Waals surface area contributed by atoms with E-state index in [0.717, 1.165) is 0 Å². The average Bonchev–Trinajstić information content (AvgIpc) is 2.00. The largest absolute Gasteiger partial charge is 0.481 e. The van der Waals surface area contributed by atoms with Crippen molar-refractivity contribution in [2.24, 2.45) is 5.41 Å². The Labute approximate surface area is 63.6 Å². The molecule has 0 bridgehead atoms. The van der Waals surface area contributed by atoms with Crippen molar-refractivity contribution in [1.29, 1.82) is 0 Å². The van der Waals surface area contributed by atoms with E-state index >= 15 is 0 Å². The fourth-order valence-corrected chi connectivity index (χ4v) is 0.393. The molecular formula is C6H10O5. The van der Waals surface area contributed by atoms with Crippen LogP contribution in [-0.2, 0) is 14.3 Å². The first-order valence-corrected chi connectivity index (χ1v) is 2.96. The maximum absolute atomic E-state index is 10.4. The van der Waals surface area contributed by atoms with Crippen molar-refractivity contribution in [3.8, 4) is 0 Å². The summed E-state index contributed by atoms with van der Waals surface area (Å²) in [6.45, 7) is 0.564. The Balaban J connectivity index is 4.09. The first-order chi connectivity index (χ1) is 5.06. The SMILES string of the molecule is CC(CO)(COC=O)C(=O)O. The van der Waals surface area contributed by atoms with E-state index in [0.29, 0.717) is 0 Å². The van der Waals surface area contributed by atoms with Gasteiger partial charge in [-0.1, -0.05) is 0 Å². The van der Waals surface area contributed by atoms with Gasteiger partial charge in [0.05, 0.1) is 6.61 Å². The predicted octanol–water partition coefficient (Wildman–Crippen LogP) is -0.757. The third-order valence-corrected chi connectivity index (χ3v) is 1.34. The Bertz CT molecular complexity index is 155. The van der Waals surface area contributed by atoms with E-state index in [2.05, 4.69) is 4.74 Å². The smallest absolute Gasteiger partial charge is 0.315 e. The molecule has 0 saturated heterocycles. The van der Waals surface area contributed by atoms with Crippen LogP contribution in [0.1, 0.15) is 6.92 Å². The number of aliphatic hydroxyl groups is 1. The summed E-state index contributed by atoms with van der Waals surface area (Å²) < 4.78 is 4.23. The molecule has 0 radical (unpaired) electrons. The van der Waals surface area contributed by atoms with Gasteiger partial charge < -0.3 is 14.9 Å². The molecule has 0 amide bonds. The minimum Gasteiger partial charge on any atom is -0.481 e. The van der Waals surface area contributed by atoms with Crippen LogP contribution < -0.4 is 0 Å². The fraction of sp³-hybridized carbons (Fsp3) is 0.667. The van der Waals surface area contributed by atoms with Crippen molar-refractivity contribution in [2.75, 3.05) is 13.2 Å². The van der Waals surface area contributed by atoms with Gasteiger partial charge in [-0.3, -0.25) is 9.59 Å².